The van der Waals surface area contributed by atoms with Crippen molar-refractivity contribution in [3.63, 3.8) is 0 Å². The van der Waals surface area contributed by atoms with Crippen molar-refractivity contribution in [2.24, 2.45) is 0 Å². The molecule has 0 aliphatic carbocycles. The van der Waals surface area contributed by atoms with Gasteiger partial charge in [0.2, 0.25) is 0 Å². The Morgan fingerprint density at radius 3 is 0.974 bits per heavy atom. The molecule has 0 heterocycles. The third-order valence-corrected chi connectivity index (χ3v) is 6.38. The predicted octanol–water partition coefficient (Wildman–Crippen LogP) is 6.31. The van der Waals surface area contributed by atoms with Gasteiger partial charge in [0.25, 0.3) is 0 Å². The maximum absolute atomic E-state index is 13.0. The fourth-order valence-corrected chi connectivity index (χ4v) is 2.96. The van der Waals surface area contributed by atoms with Crippen LogP contribution in [0.4, 0.5) is 74.6 Å². The monoisotopic (exact) mass is 645 g/mol. The third-order valence-electron chi connectivity index (χ3n) is 5.49. The number of quaternary nitrogens is 1. The van der Waals surface area contributed by atoms with E-state index >= 15 is 0 Å². The largest absolute Gasteiger partial charge is 0.743 e. The first kappa shape index (κ1) is 39.8. The van der Waals surface area contributed by atoms with Crippen LogP contribution in [-0.2, 0) is 14.9 Å². The lowest BCUT2D eigenvalue weighted by atomic mass is 10.1. The van der Waals surface area contributed by atoms with Crippen LogP contribution in [0.15, 0.2) is 0 Å². The van der Waals surface area contributed by atoms with E-state index in [1.165, 1.54) is 30.7 Å². The van der Waals surface area contributed by atoms with Gasteiger partial charge >= 0.3 is 47.3 Å². The molecule has 0 spiro atoms. The zero-order valence-electron chi connectivity index (χ0n) is 19.7. The highest BCUT2D eigenvalue weighted by atomic mass is 32.2. The van der Waals surface area contributed by atoms with Gasteiger partial charge in [0.05, 0.1) is 26.2 Å². The normalized spacial score (nSPS) is 15.6. The molecule has 0 aromatic carbocycles. The van der Waals surface area contributed by atoms with Gasteiger partial charge in [-0.25, -0.2) is 13.2 Å². The molecular weight excluding hydrogens is 625 g/mol. The Morgan fingerprint density at radius 2 is 0.795 bits per heavy atom. The van der Waals surface area contributed by atoms with Crippen LogP contribution in [0.1, 0.15) is 27.7 Å². The summed E-state index contributed by atoms with van der Waals surface area (Å²) in [6.45, 7) is 14.2. The van der Waals surface area contributed by atoms with Crippen molar-refractivity contribution >= 4 is 10.1 Å². The van der Waals surface area contributed by atoms with Gasteiger partial charge in [0.15, 0.2) is 10.1 Å². The predicted molar refractivity (Wildman–Crippen MR) is 93.9 cm³/mol. The minimum absolute atomic E-state index is 0.974. The highest BCUT2D eigenvalue weighted by Crippen LogP contribution is 2.59. The molecule has 0 saturated carbocycles. The minimum Gasteiger partial charge on any atom is -0.743 e. The van der Waals surface area contributed by atoms with Crippen LogP contribution in [0, 0.1) is 0 Å². The molecule has 5 nitrogen and oxygen atoms in total. The van der Waals surface area contributed by atoms with Crippen molar-refractivity contribution in [1.82, 2.24) is 0 Å². The SMILES string of the molecule is CC[N+](CC)(CC)CC.O=S(=O)([O-])C(F)(F)C(F)(F)C(F)(F)C(F)(F)OC(F)(F)C(F)(F)C(F)(F)C(F)(F)F. The molecule has 0 aromatic rings. The quantitative estimate of drug-likeness (QED) is 0.142. The molecule has 0 aliphatic heterocycles. The molecule has 0 rings (SSSR count). The van der Waals surface area contributed by atoms with E-state index < -0.39 is 57.5 Å². The zero-order valence-corrected chi connectivity index (χ0v) is 20.6. The Bertz CT molecular complexity index is 897. The second-order valence-corrected chi connectivity index (χ2v) is 8.93. The summed E-state index contributed by atoms with van der Waals surface area (Å²) >= 11 is 0. The van der Waals surface area contributed by atoms with Crippen LogP contribution in [0.25, 0.3) is 0 Å². The van der Waals surface area contributed by atoms with E-state index in [1.807, 2.05) is 0 Å². The lowest BCUT2D eigenvalue weighted by Crippen LogP contribution is -2.68. The Kier molecular flexibility index (Phi) is 11.7. The first-order chi connectivity index (χ1) is 16.7. The Morgan fingerprint density at radius 1 is 0.538 bits per heavy atom. The minimum atomic E-state index is -8.39. The van der Waals surface area contributed by atoms with Gasteiger partial charge < -0.3 is 9.04 Å². The van der Waals surface area contributed by atoms with Gasteiger partial charge in [-0.05, 0) is 27.7 Å². The number of alkyl halides is 17. The summed E-state index contributed by atoms with van der Waals surface area (Å²) in [6, 6.07) is 0. The number of hydrogen-bond acceptors (Lipinski definition) is 4. The number of hydrogen-bond donors (Lipinski definition) is 0. The van der Waals surface area contributed by atoms with E-state index in [-0.39, 0.29) is 0 Å². The Balaban J connectivity index is 0. The summed E-state index contributed by atoms with van der Waals surface area (Å²) in [5, 5.41) is -7.79. The van der Waals surface area contributed by atoms with Gasteiger partial charge in [0.1, 0.15) is 0 Å². The summed E-state index contributed by atoms with van der Waals surface area (Å²) in [7, 11) is -8.02. The molecule has 0 amide bonds. The second-order valence-electron chi connectivity index (χ2n) is 7.51. The van der Waals surface area contributed by atoms with E-state index in [4.69, 9.17) is 0 Å². The van der Waals surface area contributed by atoms with Crippen LogP contribution in [0.2, 0.25) is 0 Å². The lowest BCUT2D eigenvalue weighted by Gasteiger charge is -2.39. The van der Waals surface area contributed by atoms with Crippen LogP contribution in [-0.4, -0.2) is 91.0 Å². The Hall–Kier alpha value is -1.36. The summed E-state index contributed by atoms with van der Waals surface area (Å²) in [4.78, 5) is 0. The fourth-order valence-electron chi connectivity index (χ4n) is 2.51. The van der Waals surface area contributed by atoms with Crippen LogP contribution < -0.4 is 0 Å². The molecule has 0 aliphatic rings. The van der Waals surface area contributed by atoms with Crippen molar-refractivity contribution in [1.29, 1.82) is 0 Å². The van der Waals surface area contributed by atoms with Crippen molar-refractivity contribution in [2.45, 2.75) is 75.0 Å². The van der Waals surface area contributed by atoms with Gasteiger partial charge in [0, 0.05) is 0 Å². The Labute approximate surface area is 209 Å². The van der Waals surface area contributed by atoms with Crippen molar-refractivity contribution < 1.29 is 96.8 Å². The number of nitrogens with zero attached hydrogens (tertiary/aromatic N) is 1. The molecule has 39 heavy (non-hydrogen) atoms. The van der Waals surface area contributed by atoms with Crippen LogP contribution in [0.3, 0.4) is 0 Å². The molecule has 23 heteroatoms. The summed E-state index contributed by atoms with van der Waals surface area (Å²) < 4.78 is 246. The number of ether oxygens (including phenoxy) is 1. The standard InChI is InChI=1S/C8HF17O4S.C8H20N/c9-1(10,5(17,18)19)2(11,12)6(20,21)29-7(22,23)3(13,14)4(15,16)8(24,25)30(26,27)28;1-5-9(6-2,7-3)8-4/h(H,26,27,28);5-8H2,1-4H3/q;+1/p-1. The molecular formula is C16H20F17NO4S. The van der Waals surface area contributed by atoms with E-state index in [0.717, 1.165) is 4.74 Å². The third kappa shape index (κ3) is 6.93. The van der Waals surface area contributed by atoms with Crippen LogP contribution >= 0.6 is 0 Å². The van der Waals surface area contributed by atoms with Gasteiger partial charge in [-0.15, -0.1) is 0 Å². The van der Waals surface area contributed by atoms with E-state index in [0.29, 0.717) is 0 Å². The zero-order chi connectivity index (χ0) is 32.5. The molecule has 0 N–H and O–H groups in total. The highest BCUT2D eigenvalue weighted by molar-refractivity contribution is 7.86. The maximum Gasteiger partial charge on any atom is 0.460 e. The molecule has 0 atom stereocenters. The summed E-state index contributed by atoms with van der Waals surface area (Å²) in [6.07, 6.45) is -24.1. The molecule has 238 valence electrons. The molecule has 0 radical (unpaired) electrons. The first-order valence-electron chi connectivity index (χ1n) is 9.92. The fraction of sp³-hybridized carbons (Fsp3) is 1.00. The molecule has 0 saturated heterocycles. The smallest absolute Gasteiger partial charge is 0.460 e. The first-order valence-corrected chi connectivity index (χ1v) is 11.3. The number of halogens is 17. The molecule has 0 unspecified atom stereocenters. The second kappa shape index (κ2) is 11.5. The van der Waals surface area contributed by atoms with E-state index in [1.54, 1.807) is 0 Å². The summed E-state index contributed by atoms with van der Waals surface area (Å²) in [5.74, 6) is -33.0. The van der Waals surface area contributed by atoms with Crippen molar-refractivity contribution in [3.8, 4) is 0 Å². The average Bonchev–Trinajstić information content (AvgIpc) is 2.73. The lowest BCUT2D eigenvalue weighted by molar-refractivity contribution is -0.921. The maximum atomic E-state index is 13.0. The van der Waals surface area contributed by atoms with Gasteiger partial charge in [-0.3, -0.25) is 0 Å². The molecule has 0 bridgehead atoms. The molecule has 0 fully saturated rings. The van der Waals surface area contributed by atoms with Crippen molar-refractivity contribution in [3.05, 3.63) is 0 Å². The van der Waals surface area contributed by atoms with E-state index in [2.05, 4.69) is 27.7 Å². The average molecular weight is 645 g/mol. The number of rotatable bonds is 12. The van der Waals surface area contributed by atoms with E-state index in [9.17, 15) is 87.6 Å². The van der Waals surface area contributed by atoms with Crippen molar-refractivity contribution in [2.75, 3.05) is 26.2 Å². The summed E-state index contributed by atoms with van der Waals surface area (Å²) in [5.41, 5.74) is 0. The molecule has 0 aromatic heterocycles. The van der Waals surface area contributed by atoms with Gasteiger partial charge in [-0.2, -0.15) is 74.6 Å². The topological polar surface area (TPSA) is 66.4 Å². The van der Waals surface area contributed by atoms with Gasteiger partial charge in [-0.1, -0.05) is 0 Å². The highest BCUT2D eigenvalue weighted by Gasteiger charge is 2.88. The van der Waals surface area contributed by atoms with Crippen LogP contribution in [0.5, 0.6) is 0 Å².